The van der Waals surface area contributed by atoms with Gasteiger partial charge in [-0.25, -0.2) is 12.1 Å². The van der Waals surface area contributed by atoms with Crippen molar-refractivity contribution in [2.75, 3.05) is 6.61 Å². The Morgan fingerprint density at radius 1 is 1.21 bits per heavy atom. The van der Waals surface area contributed by atoms with E-state index < -0.39 is 0 Å². The van der Waals surface area contributed by atoms with Crippen LogP contribution < -0.4 is 0 Å². The zero-order valence-corrected chi connectivity index (χ0v) is 12.4. The molecule has 19 heavy (non-hydrogen) atoms. The molecular formula is C16H19FeNO. The second kappa shape index (κ2) is 7.98. The van der Waals surface area contributed by atoms with E-state index in [1.807, 2.05) is 54.6 Å². The van der Waals surface area contributed by atoms with Crippen molar-refractivity contribution in [3.8, 4) is 0 Å². The van der Waals surface area contributed by atoms with Crippen LogP contribution in [0.2, 0.25) is 0 Å². The topological polar surface area (TPSA) is 23.3 Å². The monoisotopic (exact) mass is 297 g/mol. The third-order valence-electron chi connectivity index (χ3n) is 2.91. The smallest absolute Gasteiger partial charge is 0.648 e. The summed E-state index contributed by atoms with van der Waals surface area (Å²) < 4.78 is 5.52. The van der Waals surface area contributed by atoms with Crippen LogP contribution in [0.4, 0.5) is 0 Å². The van der Waals surface area contributed by atoms with Crippen molar-refractivity contribution in [3.63, 3.8) is 0 Å². The Hall–Kier alpha value is -1.31. The molecule has 3 heteroatoms. The van der Waals surface area contributed by atoms with Gasteiger partial charge in [-0.2, -0.15) is 18.2 Å². The normalized spacial score (nSPS) is 19.6. The molecule has 102 valence electrons. The minimum absolute atomic E-state index is 0. The van der Waals surface area contributed by atoms with Gasteiger partial charge >= 0.3 is 17.1 Å². The molecule has 0 N–H and O–H groups in total. The van der Waals surface area contributed by atoms with Crippen LogP contribution >= 0.6 is 0 Å². The number of hydrogen-bond donors (Lipinski definition) is 0. The molecule has 1 aromatic rings. The minimum Gasteiger partial charge on any atom is -0.648 e. The maximum absolute atomic E-state index is 5.52. The SMILES string of the molecule is CC(C)C1COC(=C2C=CC=C2)[N-]1.[Fe+2].c1cc[cH-]c1. The van der Waals surface area contributed by atoms with Gasteiger partial charge in [0.25, 0.3) is 0 Å². The number of ether oxygens (including phenoxy) is 1. The van der Waals surface area contributed by atoms with E-state index in [0.717, 1.165) is 18.1 Å². The van der Waals surface area contributed by atoms with Crippen LogP contribution in [0.15, 0.2) is 66.1 Å². The van der Waals surface area contributed by atoms with E-state index in [0.29, 0.717) is 12.0 Å². The van der Waals surface area contributed by atoms with Crippen molar-refractivity contribution in [3.05, 3.63) is 71.4 Å². The quantitative estimate of drug-likeness (QED) is 0.564. The number of allylic oxidation sites excluding steroid dienone is 5. The second-order valence-electron chi connectivity index (χ2n) is 4.69. The van der Waals surface area contributed by atoms with Crippen LogP contribution in [-0.2, 0) is 21.8 Å². The second-order valence-corrected chi connectivity index (χ2v) is 4.69. The molecule has 0 aromatic heterocycles. The molecule has 1 heterocycles. The number of rotatable bonds is 1. The van der Waals surface area contributed by atoms with Gasteiger partial charge in [-0.05, 0) is 5.57 Å². The maximum Gasteiger partial charge on any atom is 2.00 e. The van der Waals surface area contributed by atoms with Crippen LogP contribution in [0.3, 0.4) is 0 Å². The molecule has 3 rings (SSSR count). The summed E-state index contributed by atoms with van der Waals surface area (Å²) in [6.07, 6.45) is 8.07. The van der Waals surface area contributed by atoms with E-state index in [1.165, 1.54) is 0 Å². The molecular weight excluding hydrogens is 278 g/mol. The van der Waals surface area contributed by atoms with Crippen LogP contribution in [0.25, 0.3) is 5.32 Å². The van der Waals surface area contributed by atoms with Crippen molar-refractivity contribution < 1.29 is 21.8 Å². The Labute approximate surface area is 126 Å². The first-order valence-corrected chi connectivity index (χ1v) is 6.36. The zero-order chi connectivity index (χ0) is 12.8. The average Bonchev–Trinajstić information content (AvgIpc) is 3.14. The molecule has 0 amide bonds. The molecule has 1 aliphatic carbocycles. The first kappa shape index (κ1) is 15.7. The summed E-state index contributed by atoms with van der Waals surface area (Å²) in [5.41, 5.74) is 1.10. The van der Waals surface area contributed by atoms with Crippen molar-refractivity contribution in [1.82, 2.24) is 0 Å². The molecule has 0 saturated carbocycles. The summed E-state index contributed by atoms with van der Waals surface area (Å²) in [6.45, 7) is 5.08. The zero-order valence-electron chi connectivity index (χ0n) is 11.3. The van der Waals surface area contributed by atoms with Crippen molar-refractivity contribution in [1.29, 1.82) is 0 Å². The molecule has 0 bridgehead atoms. The van der Waals surface area contributed by atoms with E-state index in [9.17, 15) is 0 Å². The van der Waals surface area contributed by atoms with Gasteiger partial charge in [-0.1, -0.05) is 50.1 Å². The van der Waals surface area contributed by atoms with E-state index in [4.69, 9.17) is 4.74 Å². The Morgan fingerprint density at radius 2 is 1.84 bits per heavy atom. The van der Waals surface area contributed by atoms with E-state index in [2.05, 4.69) is 19.2 Å². The van der Waals surface area contributed by atoms with Crippen LogP contribution in [0, 0.1) is 5.92 Å². The van der Waals surface area contributed by atoms with Gasteiger partial charge in [0.1, 0.15) is 0 Å². The maximum atomic E-state index is 5.52. The predicted octanol–water partition coefficient (Wildman–Crippen LogP) is 4.16. The number of hydrogen-bond acceptors (Lipinski definition) is 1. The molecule has 2 nitrogen and oxygen atoms in total. The Morgan fingerprint density at radius 3 is 2.26 bits per heavy atom. The summed E-state index contributed by atoms with van der Waals surface area (Å²) >= 11 is 0. The predicted molar refractivity (Wildman–Crippen MR) is 75.3 cm³/mol. The van der Waals surface area contributed by atoms with Crippen LogP contribution in [-0.4, -0.2) is 12.6 Å². The van der Waals surface area contributed by atoms with Gasteiger partial charge in [-0.3, -0.25) is 0 Å². The minimum atomic E-state index is 0. The Balaban J connectivity index is 0.000000256. The van der Waals surface area contributed by atoms with Gasteiger partial charge in [0.15, 0.2) is 0 Å². The van der Waals surface area contributed by atoms with E-state index in [1.54, 1.807) is 0 Å². The summed E-state index contributed by atoms with van der Waals surface area (Å²) in [6, 6.07) is 10.3. The molecule has 1 aromatic carbocycles. The Bertz CT molecular complexity index is 412. The molecule has 1 aliphatic heterocycles. The van der Waals surface area contributed by atoms with E-state index in [-0.39, 0.29) is 17.1 Å². The van der Waals surface area contributed by atoms with Crippen molar-refractivity contribution >= 4 is 0 Å². The fraction of sp³-hybridized carbons (Fsp3) is 0.312. The average molecular weight is 297 g/mol. The van der Waals surface area contributed by atoms with E-state index >= 15 is 0 Å². The number of nitrogens with zero attached hydrogens (tertiary/aromatic N) is 1. The molecule has 1 saturated heterocycles. The third-order valence-corrected chi connectivity index (χ3v) is 2.91. The fourth-order valence-electron chi connectivity index (χ4n) is 1.73. The fourth-order valence-corrected chi connectivity index (χ4v) is 1.73. The molecule has 1 atom stereocenters. The first-order chi connectivity index (χ1) is 8.77. The van der Waals surface area contributed by atoms with Gasteiger partial charge in [0.2, 0.25) is 0 Å². The Kier molecular flexibility index (Phi) is 6.61. The molecule has 2 aliphatic rings. The first-order valence-electron chi connectivity index (χ1n) is 6.36. The van der Waals surface area contributed by atoms with Gasteiger partial charge in [-0.15, -0.1) is 0 Å². The molecule has 1 unspecified atom stereocenters. The summed E-state index contributed by atoms with van der Waals surface area (Å²) in [5, 5.41) is 4.52. The van der Waals surface area contributed by atoms with Gasteiger partial charge < -0.3 is 10.1 Å². The van der Waals surface area contributed by atoms with Crippen molar-refractivity contribution in [2.45, 2.75) is 19.9 Å². The largest absolute Gasteiger partial charge is 2.00 e. The summed E-state index contributed by atoms with van der Waals surface area (Å²) in [7, 11) is 0. The van der Waals surface area contributed by atoms with Crippen LogP contribution in [0.5, 0.6) is 0 Å². The van der Waals surface area contributed by atoms with Gasteiger partial charge in [0, 0.05) is 5.88 Å². The summed E-state index contributed by atoms with van der Waals surface area (Å²) in [4.78, 5) is 0. The standard InChI is InChI=1S/C11H14NO.C5H5.Fe/c1-8(2)10-7-13-11(12-10)9-5-3-4-6-9;1-2-4-5-3-1;/h3-6,8,10H,7H2,1-2H3;1-5H;/q2*-1;+2. The summed E-state index contributed by atoms with van der Waals surface area (Å²) in [5.74, 6) is 1.37. The molecule has 1 fully saturated rings. The molecule has 0 radical (unpaired) electrons. The van der Waals surface area contributed by atoms with Gasteiger partial charge in [0.05, 0.1) is 6.61 Å². The third kappa shape index (κ3) is 4.70. The molecule has 0 spiro atoms. The van der Waals surface area contributed by atoms with Crippen molar-refractivity contribution in [2.24, 2.45) is 5.92 Å². The van der Waals surface area contributed by atoms with Crippen LogP contribution in [0.1, 0.15) is 13.8 Å².